The van der Waals surface area contributed by atoms with Gasteiger partial charge in [0.05, 0.1) is 5.52 Å². The Morgan fingerprint density at radius 2 is 1.82 bits per heavy atom. The molecule has 0 spiro atoms. The standard InChI is InChI=1S/C17H23ClN4/c1-16(2)8-12(9-17(3,4)22-16)21-15-13-6-5-11(18)7-14(13)19-10-20-15/h5-7,10,12,22H,8-9H2,1-4H3,(H,19,20,21). The van der Waals surface area contributed by atoms with Gasteiger partial charge in [-0.05, 0) is 58.7 Å². The fourth-order valence-electron chi connectivity index (χ4n) is 3.76. The highest BCUT2D eigenvalue weighted by molar-refractivity contribution is 6.31. The molecular formula is C17H23ClN4. The Kier molecular flexibility index (Phi) is 3.77. The number of anilines is 1. The molecule has 5 heteroatoms. The zero-order valence-electron chi connectivity index (χ0n) is 13.6. The van der Waals surface area contributed by atoms with Crippen LogP contribution < -0.4 is 10.6 Å². The second kappa shape index (κ2) is 5.36. The maximum Gasteiger partial charge on any atom is 0.137 e. The molecule has 0 bridgehead atoms. The fraction of sp³-hybridized carbons (Fsp3) is 0.529. The predicted molar refractivity (Wildman–Crippen MR) is 92.5 cm³/mol. The maximum atomic E-state index is 6.05. The lowest BCUT2D eigenvalue weighted by molar-refractivity contribution is 0.170. The van der Waals surface area contributed by atoms with Crippen molar-refractivity contribution < 1.29 is 0 Å². The van der Waals surface area contributed by atoms with Crippen molar-refractivity contribution in [2.75, 3.05) is 5.32 Å². The molecule has 118 valence electrons. The number of nitrogens with one attached hydrogen (secondary N) is 2. The van der Waals surface area contributed by atoms with Gasteiger partial charge in [-0.2, -0.15) is 0 Å². The van der Waals surface area contributed by atoms with Gasteiger partial charge in [-0.25, -0.2) is 9.97 Å². The molecule has 4 nitrogen and oxygen atoms in total. The smallest absolute Gasteiger partial charge is 0.137 e. The number of halogens is 1. The van der Waals surface area contributed by atoms with E-state index in [0.717, 1.165) is 29.6 Å². The molecule has 1 fully saturated rings. The summed E-state index contributed by atoms with van der Waals surface area (Å²) in [6.07, 6.45) is 3.70. The summed E-state index contributed by atoms with van der Waals surface area (Å²) in [4.78, 5) is 8.75. The molecule has 0 aliphatic carbocycles. The van der Waals surface area contributed by atoms with Crippen molar-refractivity contribution >= 4 is 28.3 Å². The summed E-state index contributed by atoms with van der Waals surface area (Å²) in [6, 6.07) is 6.12. The summed E-state index contributed by atoms with van der Waals surface area (Å²) in [5.41, 5.74) is 1.08. The summed E-state index contributed by atoms with van der Waals surface area (Å²) in [6.45, 7) is 9.00. The lowest BCUT2D eigenvalue weighted by atomic mass is 9.79. The Morgan fingerprint density at radius 1 is 1.14 bits per heavy atom. The Hall–Kier alpha value is -1.39. The first-order valence-electron chi connectivity index (χ1n) is 7.70. The van der Waals surface area contributed by atoms with Gasteiger partial charge in [0.2, 0.25) is 0 Å². The van der Waals surface area contributed by atoms with Crippen LogP contribution in [0.3, 0.4) is 0 Å². The number of piperidine rings is 1. The topological polar surface area (TPSA) is 49.8 Å². The predicted octanol–water partition coefficient (Wildman–Crippen LogP) is 4.00. The van der Waals surface area contributed by atoms with Crippen molar-refractivity contribution in [1.29, 1.82) is 0 Å². The Morgan fingerprint density at radius 3 is 2.50 bits per heavy atom. The minimum absolute atomic E-state index is 0.103. The van der Waals surface area contributed by atoms with E-state index >= 15 is 0 Å². The van der Waals surface area contributed by atoms with Gasteiger partial charge in [0.15, 0.2) is 0 Å². The molecule has 0 atom stereocenters. The van der Waals surface area contributed by atoms with Crippen molar-refractivity contribution in [1.82, 2.24) is 15.3 Å². The first-order valence-corrected chi connectivity index (χ1v) is 8.08. The monoisotopic (exact) mass is 318 g/mol. The van der Waals surface area contributed by atoms with E-state index in [-0.39, 0.29) is 11.1 Å². The van der Waals surface area contributed by atoms with Crippen LogP contribution >= 0.6 is 11.6 Å². The molecule has 1 aromatic heterocycles. The molecule has 3 rings (SSSR count). The first-order chi connectivity index (χ1) is 10.2. The number of aromatic nitrogens is 2. The summed E-state index contributed by atoms with van der Waals surface area (Å²) in [7, 11) is 0. The summed E-state index contributed by atoms with van der Waals surface area (Å²) in [5, 5.41) is 9.03. The molecule has 0 amide bonds. The van der Waals surface area contributed by atoms with Gasteiger partial charge < -0.3 is 10.6 Å². The van der Waals surface area contributed by atoms with Gasteiger partial charge in [-0.1, -0.05) is 11.6 Å². The van der Waals surface area contributed by atoms with E-state index < -0.39 is 0 Å². The molecular weight excluding hydrogens is 296 g/mol. The number of benzene rings is 1. The molecule has 0 saturated carbocycles. The third-order valence-electron chi connectivity index (χ3n) is 4.13. The number of nitrogens with zero attached hydrogens (tertiary/aromatic N) is 2. The first kappa shape index (κ1) is 15.5. The number of fused-ring (bicyclic) bond motifs is 1. The van der Waals surface area contributed by atoms with Crippen LogP contribution in [-0.4, -0.2) is 27.1 Å². The second-order valence-corrected chi connectivity index (χ2v) is 7.96. The molecule has 0 radical (unpaired) electrons. The molecule has 1 aromatic carbocycles. The van der Waals surface area contributed by atoms with Crippen molar-refractivity contribution in [3.05, 3.63) is 29.5 Å². The van der Waals surface area contributed by atoms with Crippen LogP contribution in [0, 0.1) is 0 Å². The lowest BCUT2D eigenvalue weighted by Gasteiger charge is -2.46. The van der Waals surface area contributed by atoms with E-state index in [2.05, 4.69) is 48.3 Å². The summed E-state index contributed by atoms with van der Waals surface area (Å²) < 4.78 is 0. The maximum absolute atomic E-state index is 6.05. The summed E-state index contributed by atoms with van der Waals surface area (Å²) >= 11 is 6.05. The van der Waals surface area contributed by atoms with Crippen LogP contribution in [0.25, 0.3) is 10.9 Å². The molecule has 1 aliphatic rings. The molecule has 22 heavy (non-hydrogen) atoms. The largest absolute Gasteiger partial charge is 0.367 e. The minimum Gasteiger partial charge on any atom is -0.367 e. The van der Waals surface area contributed by atoms with E-state index in [4.69, 9.17) is 11.6 Å². The highest BCUT2D eigenvalue weighted by Crippen LogP contribution is 2.31. The molecule has 2 aromatic rings. The number of rotatable bonds is 2. The molecule has 1 saturated heterocycles. The molecule has 1 aliphatic heterocycles. The van der Waals surface area contributed by atoms with Crippen molar-refractivity contribution in [3.8, 4) is 0 Å². The van der Waals surface area contributed by atoms with Gasteiger partial charge in [0.25, 0.3) is 0 Å². The van der Waals surface area contributed by atoms with Crippen molar-refractivity contribution in [2.45, 2.75) is 57.7 Å². The average molecular weight is 319 g/mol. The van der Waals surface area contributed by atoms with Crippen LogP contribution in [0.5, 0.6) is 0 Å². The van der Waals surface area contributed by atoms with Crippen LogP contribution in [0.2, 0.25) is 5.02 Å². The highest BCUT2D eigenvalue weighted by Gasteiger charge is 2.37. The SMILES string of the molecule is CC1(C)CC(Nc2ncnc3cc(Cl)ccc23)CC(C)(C)N1. The lowest BCUT2D eigenvalue weighted by Crippen LogP contribution is -2.60. The number of hydrogen-bond acceptors (Lipinski definition) is 4. The van der Waals surface area contributed by atoms with E-state index in [1.807, 2.05) is 18.2 Å². The molecule has 0 unspecified atom stereocenters. The highest BCUT2D eigenvalue weighted by atomic mass is 35.5. The van der Waals surface area contributed by atoms with E-state index in [9.17, 15) is 0 Å². The van der Waals surface area contributed by atoms with Gasteiger partial charge in [0.1, 0.15) is 12.1 Å². The van der Waals surface area contributed by atoms with Crippen LogP contribution in [0.15, 0.2) is 24.5 Å². The van der Waals surface area contributed by atoms with E-state index in [1.54, 1.807) is 6.33 Å². The average Bonchev–Trinajstić information content (AvgIpc) is 2.34. The fourth-order valence-corrected chi connectivity index (χ4v) is 3.93. The van der Waals surface area contributed by atoms with Crippen molar-refractivity contribution in [2.24, 2.45) is 0 Å². The third kappa shape index (κ3) is 3.33. The van der Waals surface area contributed by atoms with Gasteiger partial charge in [0, 0.05) is 27.5 Å². The Labute approximate surface area is 136 Å². The quantitative estimate of drug-likeness (QED) is 0.878. The Balaban J connectivity index is 1.90. The summed E-state index contributed by atoms with van der Waals surface area (Å²) in [5.74, 6) is 0.889. The van der Waals surface area contributed by atoms with Crippen LogP contribution in [0.4, 0.5) is 5.82 Å². The minimum atomic E-state index is 0.103. The molecule has 2 N–H and O–H groups in total. The van der Waals surface area contributed by atoms with E-state index in [0.29, 0.717) is 11.1 Å². The Bertz CT molecular complexity index is 680. The van der Waals surface area contributed by atoms with Gasteiger partial charge >= 0.3 is 0 Å². The van der Waals surface area contributed by atoms with Crippen LogP contribution in [0.1, 0.15) is 40.5 Å². The second-order valence-electron chi connectivity index (χ2n) is 7.53. The van der Waals surface area contributed by atoms with Crippen LogP contribution in [-0.2, 0) is 0 Å². The zero-order chi connectivity index (χ0) is 16.0. The molecule has 2 heterocycles. The van der Waals surface area contributed by atoms with E-state index in [1.165, 1.54) is 0 Å². The van der Waals surface area contributed by atoms with Gasteiger partial charge in [-0.15, -0.1) is 0 Å². The normalized spacial score (nSPS) is 21.0. The van der Waals surface area contributed by atoms with Gasteiger partial charge in [-0.3, -0.25) is 0 Å². The third-order valence-corrected chi connectivity index (χ3v) is 4.36. The number of hydrogen-bond donors (Lipinski definition) is 2. The van der Waals surface area contributed by atoms with Crippen molar-refractivity contribution in [3.63, 3.8) is 0 Å². The zero-order valence-corrected chi connectivity index (χ0v) is 14.3.